The number of nitrogens with zero attached hydrogens (tertiary/aromatic N) is 2. The number of carbonyl (C=O) groups is 1. The summed E-state index contributed by atoms with van der Waals surface area (Å²) in [6.07, 6.45) is 4.33. The number of benzene rings is 1. The van der Waals surface area contributed by atoms with Gasteiger partial charge in [-0.05, 0) is 12.1 Å². The molecular weight excluding hydrogens is 232 g/mol. The normalized spacial score (nSPS) is 9.83. The molecule has 3 N–H and O–H groups in total. The predicted octanol–water partition coefficient (Wildman–Crippen LogP) is 1.32. The van der Waals surface area contributed by atoms with E-state index in [1.54, 1.807) is 25.3 Å². The van der Waals surface area contributed by atoms with Gasteiger partial charge < -0.3 is 15.8 Å². The van der Waals surface area contributed by atoms with Crippen LogP contribution >= 0.6 is 0 Å². The van der Waals surface area contributed by atoms with Crippen LogP contribution in [0, 0.1) is 0 Å². The number of ether oxygens (including phenoxy) is 1. The van der Waals surface area contributed by atoms with Crippen molar-refractivity contribution in [2.45, 2.75) is 0 Å². The lowest BCUT2D eigenvalue weighted by Gasteiger charge is -2.08. The van der Waals surface area contributed by atoms with E-state index in [9.17, 15) is 4.79 Å². The second-order valence-electron chi connectivity index (χ2n) is 3.50. The molecule has 0 saturated carbocycles. The van der Waals surface area contributed by atoms with Gasteiger partial charge in [0.1, 0.15) is 11.4 Å². The molecule has 0 aliphatic rings. The zero-order valence-corrected chi connectivity index (χ0v) is 9.75. The average molecular weight is 244 g/mol. The number of rotatable bonds is 3. The van der Waals surface area contributed by atoms with Gasteiger partial charge in [0.15, 0.2) is 0 Å². The van der Waals surface area contributed by atoms with E-state index in [2.05, 4.69) is 15.3 Å². The maximum Gasteiger partial charge on any atom is 0.275 e. The number of carbonyl (C=O) groups excluding carboxylic acids is 1. The molecule has 2 rings (SSSR count). The lowest BCUT2D eigenvalue weighted by molar-refractivity contribution is 0.102. The van der Waals surface area contributed by atoms with E-state index >= 15 is 0 Å². The molecule has 0 atom stereocenters. The van der Waals surface area contributed by atoms with Gasteiger partial charge in [-0.3, -0.25) is 9.78 Å². The highest BCUT2D eigenvalue weighted by Crippen LogP contribution is 2.24. The SMILES string of the molecule is COc1ccc(NC(=O)c2cnccn2)c(N)c1. The predicted molar refractivity (Wildman–Crippen MR) is 67.4 cm³/mol. The highest BCUT2D eigenvalue weighted by molar-refractivity contribution is 6.04. The number of anilines is 2. The van der Waals surface area contributed by atoms with Crippen LogP contribution in [0.4, 0.5) is 11.4 Å². The highest BCUT2D eigenvalue weighted by Gasteiger charge is 2.09. The van der Waals surface area contributed by atoms with E-state index in [1.165, 1.54) is 18.6 Å². The third kappa shape index (κ3) is 2.54. The summed E-state index contributed by atoms with van der Waals surface area (Å²) in [5, 5.41) is 2.66. The number of methoxy groups -OCH3 is 1. The second kappa shape index (κ2) is 5.13. The Labute approximate surface area is 104 Å². The van der Waals surface area contributed by atoms with Crippen molar-refractivity contribution >= 4 is 17.3 Å². The summed E-state index contributed by atoms with van der Waals surface area (Å²) in [6.45, 7) is 0. The Morgan fingerprint density at radius 1 is 1.39 bits per heavy atom. The number of nitrogens with one attached hydrogen (secondary N) is 1. The van der Waals surface area contributed by atoms with Crippen molar-refractivity contribution in [1.29, 1.82) is 0 Å². The lowest BCUT2D eigenvalue weighted by Crippen LogP contribution is -2.14. The molecule has 92 valence electrons. The topological polar surface area (TPSA) is 90.1 Å². The third-order valence-corrected chi connectivity index (χ3v) is 2.30. The maximum atomic E-state index is 11.8. The first-order chi connectivity index (χ1) is 8.70. The van der Waals surface area contributed by atoms with Gasteiger partial charge in [0.05, 0.1) is 24.7 Å². The zero-order valence-electron chi connectivity index (χ0n) is 9.75. The Balaban J connectivity index is 2.17. The Morgan fingerprint density at radius 3 is 2.83 bits per heavy atom. The van der Waals surface area contributed by atoms with Gasteiger partial charge in [0.2, 0.25) is 0 Å². The Bertz CT molecular complexity index is 557. The molecule has 0 unspecified atom stereocenters. The van der Waals surface area contributed by atoms with Gasteiger partial charge in [0, 0.05) is 18.5 Å². The highest BCUT2D eigenvalue weighted by atomic mass is 16.5. The Hall–Kier alpha value is -2.63. The molecule has 1 aromatic carbocycles. The van der Waals surface area contributed by atoms with Crippen LogP contribution in [0.5, 0.6) is 5.75 Å². The van der Waals surface area contributed by atoms with Crippen LogP contribution in [0.2, 0.25) is 0 Å². The fraction of sp³-hybridized carbons (Fsp3) is 0.0833. The smallest absolute Gasteiger partial charge is 0.275 e. The molecule has 1 aromatic heterocycles. The number of hydrogen-bond acceptors (Lipinski definition) is 5. The summed E-state index contributed by atoms with van der Waals surface area (Å²) in [4.78, 5) is 19.5. The number of amides is 1. The molecular formula is C12H12N4O2. The summed E-state index contributed by atoms with van der Waals surface area (Å²) in [6, 6.07) is 5.01. The van der Waals surface area contributed by atoms with Gasteiger partial charge >= 0.3 is 0 Å². The summed E-state index contributed by atoms with van der Waals surface area (Å²) in [7, 11) is 1.55. The Kier molecular flexibility index (Phi) is 3.38. The minimum absolute atomic E-state index is 0.229. The molecule has 6 heteroatoms. The summed E-state index contributed by atoms with van der Waals surface area (Å²) >= 11 is 0. The molecule has 0 radical (unpaired) electrons. The van der Waals surface area contributed by atoms with E-state index in [1.807, 2.05) is 0 Å². The monoisotopic (exact) mass is 244 g/mol. The molecule has 0 saturated heterocycles. The molecule has 0 fully saturated rings. The van der Waals surface area contributed by atoms with Gasteiger partial charge in [-0.1, -0.05) is 0 Å². The van der Waals surface area contributed by atoms with Crippen LogP contribution < -0.4 is 15.8 Å². The van der Waals surface area contributed by atoms with E-state index in [4.69, 9.17) is 10.5 Å². The van der Waals surface area contributed by atoms with E-state index in [-0.39, 0.29) is 11.6 Å². The maximum absolute atomic E-state index is 11.8. The quantitative estimate of drug-likeness (QED) is 0.795. The summed E-state index contributed by atoms with van der Waals surface area (Å²) in [5.74, 6) is 0.268. The molecule has 0 aliphatic carbocycles. The van der Waals surface area contributed by atoms with E-state index in [0.717, 1.165) is 0 Å². The van der Waals surface area contributed by atoms with Crippen LogP contribution in [0.25, 0.3) is 0 Å². The van der Waals surface area contributed by atoms with Crippen LogP contribution in [-0.2, 0) is 0 Å². The molecule has 0 aliphatic heterocycles. The van der Waals surface area contributed by atoms with Gasteiger partial charge in [-0.2, -0.15) is 0 Å². The van der Waals surface area contributed by atoms with Crippen LogP contribution in [0.15, 0.2) is 36.8 Å². The third-order valence-electron chi connectivity index (χ3n) is 2.30. The van der Waals surface area contributed by atoms with E-state index < -0.39 is 0 Å². The fourth-order valence-corrected chi connectivity index (χ4v) is 1.38. The molecule has 0 bridgehead atoms. The van der Waals surface area contributed by atoms with E-state index in [0.29, 0.717) is 17.1 Å². The molecule has 6 nitrogen and oxygen atoms in total. The summed E-state index contributed by atoms with van der Waals surface area (Å²) in [5.41, 5.74) is 6.95. The van der Waals surface area contributed by atoms with Gasteiger partial charge in [-0.25, -0.2) is 4.98 Å². The van der Waals surface area contributed by atoms with Crippen molar-refractivity contribution < 1.29 is 9.53 Å². The van der Waals surface area contributed by atoms with Crippen molar-refractivity contribution in [2.24, 2.45) is 0 Å². The number of nitrogens with two attached hydrogens (primary N) is 1. The first-order valence-corrected chi connectivity index (χ1v) is 5.21. The minimum Gasteiger partial charge on any atom is -0.497 e. The molecule has 2 aromatic rings. The van der Waals surface area contributed by atoms with Crippen molar-refractivity contribution in [1.82, 2.24) is 9.97 Å². The zero-order chi connectivity index (χ0) is 13.0. The number of hydrogen-bond donors (Lipinski definition) is 2. The van der Waals surface area contributed by atoms with Crippen LogP contribution in [0.1, 0.15) is 10.5 Å². The molecule has 1 amide bonds. The minimum atomic E-state index is -0.361. The van der Waals surface area contributed by atoms with Crippen molar-refractivity contribution in [3.63, 3.8) is 0 Å². The first-order valence-electron chi connectivity index (χ1n) is 5.21. The molecule has 18 heavy (non-hydrogen) atoms. The van der Waals surface area contributed by atoms with Gasteiger partial charge in [-0.15, -0.1) is 0 Å². The van der Waals surface area contributed by atoms with Crippen molar-refractivity contribution in [3.8, 4) is 5.75 Å². The fourth-order valence-electron chi connectivity index (χ4n) is 1.38. The number of nitrogen functional groups attached to an aromatic ring is 1. The van der Waals surface area contributed by atoms with Crippen molar-refractivity contribution in [2.75, 3.05) is 18.2 Å². The van der Waals surface area contributed by atoms with Crippen LogP contribution in [-0.4, -0.2) is 23.0 Å². The Morgan fingerprint density at radius 2 is 2.22 bits per heavy atom. The lowest BCUT2D eigenvalue weighted by atomic mass is 10.2. The second-order valence-corrected chi connectivity index (χ2v) is 3.50. The standard InChI is InChI=1S/C12H12N4O2/c1-18-8-2-3-10(9(13)6-8)16-12(17)11-7-14-4-5-15-11/h2-7H,13H2,1H3,(H,16,17). The molecule has 1 heterocycles. The van der Waals surface area contributed by atoms with Gasteiger partial charge in [0.25, 0.3) is 5.91 Å². The first kappa shape index (κ1) is 11.8. The van der Waals surface area contributed by atoms with Crippen LogP contribution in [0.3, 0.4) is 0 Å². The van der Waals surface area contributed by atoms with Crippen molar-refractivity contribution in [3.05, 3.63) is 42.5 Å². The largest absolute Gasteiger partial charge is 0.497 e. The average Bonchev–Trinajstić information content (AvgIpc) is 2.42. The summed E-state index contributed by atoms with van der Waals surface area (Å²) < 4.78 is 5.02. The number of aromatic nitrogens is 2. The molecule has 0 spiro atoms.